The van der Waals surface area contributed by atoms with E-state index < -0.39 is 24.3 Å². The van der Waals surface area contributed by atoms with E-state index in [9.17, 15) is 22.4 Å². The molecule has 2 aromatic carbocycles. The van der Waals surface area contributed by atoms with E-state index in [-0.39, 0.29) is 34.0 Å². The van der Waals surface area contributed by atoms with Crippen LogP contribution in [0.5, 0.6) is 0 Å². The van der Waals surface area contributed by atoms with Crippen LogP contribution in [0.25, 0.3) is 22.6 Å². The minimum Gasteiger partial charge on any atom is -0.362 e. The molecule has 0 fully saturated rings. The molecule has 0 aliphatic heterocycles. The maximum Gasteiger partial charge on any atom is 0.397 e. The van der Waals surface area contributed by atoms with Gasteiger partial charge in [0.2, 0.25) is 5.91 Å². The monoisotopic (exact) mass is 533 g/mol. The SMILES string of the molecule is Cc1noc(-c2c(F)cccc2-c2ccc(C(C)Nc3nccc(Cl)c3NC(=O)CC(F)(F)F)cc2)n1. The highest BCUT2D eigenvalue weighted by atomic mass is 35.5. The summed E-state index contributed by atoms with van der Waals surface area (Å²) < 4.78 is 57.6. The quantitative estimate of drug-likeness (QED) is 0.249. The number of rotatable bonds is 7. The number of aryl methyl sites for hydroxylation is 1. The molecule has 192 valence electrons. The number of pyridine rings is 1. The molecule has 0 bridgehead atoms. The van der Waals surface area contributed by atoms with Crippen molar-refractivity contribution >= 4 is 29.0 Å². The van der Waals surface area contributed by atoms with Crippen molar-refractivity contribution in [2.75, 3.05) is 10.6 Å². The van der Waals surface area contributed by atoms with Crippen LogP contribution in [-0.4, -0.2) is 27.2 Å². The predicted molar refractivity (Wildman–Crippen MR) is 130 cm³/mol. The van der Waals surface area contributed by atoms with E-state index in [0.29, 0.717) is 17.0 Å². The van der Waals surface area contributed by atoms with E-state index in [1.54, 1.807) is 50.2 Å². The summed E-state index contributed by atoms with van der Waals surface area (Å²) in [7, 11) is 0. The number of halogens is 5. The molecule has 2 heterocycles. The summed E-state index contributed by atoms with van der Waals surface area (Å²) in [6.45, 7) is 3.44. The fourth-order valence-corrected chi connectivity index (χ4v) is 3.85. The Kier molecular flexibility index (Phi) is 7.44. The van der Waals surface area contributed by atoms with Crippen molar-refractivity contribution in [1.29, 1.82) is 0 Å². The lowest BCUT2D eigenvalue weighted by Gasteiger charge is -2.19. The number of nitrogens with zero attached hydrogens (tertiary/aromatic N) is 3. The third-order valence-corrected chi connectivity index (χ3v) is 5.67. The van der Waals surface area contributed by atoms with Gasteiger partial charge in [-0.25, -0.2) is 9.37 Å². The molecule has 1 atom stereocenters. The van der Waals surface area contributed by atoms with Crippen molar-refractivity contribution < 1.29 is 26.9 Å². The van der Waals surface area contributed by atoms with E-state index in [0.717, 1.165) is 5.56 Å². The first kappa shape index (κ1) is 26.1. The second-order valence-corrected chi connectivity index (χ2v) is 8.56. The van der Waals surface area contributed by atoms with Crippen LogP contribution in [-0.2, 0) is 4.79 Å². The van der Waals surface area contributed by atoms with E-state index in [1.165, 1.54) is 18.3 Å². The summed E-state index contributed by atoms with van der Waals surface area (Å²) in [5.41, 5.74) is 2.17. The molecule has 1 unspecified atom stereocenters. The zero-order chi connectivity index (χ0) is 26.7. The Morgan fingerprint density at radius 1 is 1.14 bits per heavy atom. The first-order chi connectivity index (χ1) is 17.5. The number of aromatic nitrogens is 3. The van der Waals surface area contributed by atoms with Crippen LogP contribution in [0.3, 0.4) is 0 Å². The normalized spacial score (nSPS) is 12.3. The second kappa shape index (κ2) is 10.6. The molecule has 1 amide bonds. The van der Waals surface area contributed by atoms with Crippen molar-refractivity contribution in [3.8, 4) is 22.6 Å². The van der Waals surface area contributed by atoms with Gasteiger partial charge in [0.15, 0.2) is 11.6 Å². The molecule has 37 heavy (non-hydrogen) atoms. The van der Waals surface area contributed by atoms with Gasteiger partial charge in [-0.2, -0.15) is 18.2 Å². The van der Waals surface area contributed by atoms with Crippen molar-refractivity contribution in [3.63, 3.8) is 0 Å². The molecule has 0 saturated carbocycles. The summed E-state index contributed by atoms with van der Waals surface area (Å²) in [5.74, 6) is -1.21. The van der Waals surface area contributed by atoms with Crippen LogP contribution >= 0.6 is 11.6 Å². The molecule has 0 aliphatic carbocycles. The lowest BCUT2D eigenvalue weighted by Crippen LogP contribution is -2.22. The average Bonchev–Trinajstić information content (AvgIpc) is 3.25. The zero-order valence-electron chi connectivity index (χ0n) is 19.5. The number of amides is 1. The van der Waals surface area contributed by atoms with Crippen LogP contribution in [0.4, 0.5) is 29.1 Å². The summed E-state index contributed by atoms with van der Waals surface area (Å²) >= 11 is 6.12. The molecule has 7 nitrogen and oxygen atoms in total. The minimum atomic E-state index is -4.66. The molecule has 0 spiro atoms. The summed E-state index contributed by atoms with van der Waals surface area (Å²) in [4.78, 5) is 20.1. The van der Waals surface area contributed by atoms with Crippen molar-refractivity contribution in [1.82, 2.24) is 15.1 Å². The average molecular weight is 534 g/mol. The number of alkyl halides is 3. The molecule has 4 aromatic rings. The van der Waals surface area contributed by atoms with E-state index in [4.69, 9.17) is 16.1 Å². The third-order valence-electron chi connectivity index (χ3n) is 5.36. The van der Waals surface area contributed by atoms with Gasteiger partial charge in [-0.1, -0.05) is 53.2 Å². The number of anilines is 2. The Bertz CT molecular complexity index is 1420. The molecule has 0 saturated heterocycles. The number of carbonyl (C=O) groups is 1. The molecule has 4 rings (SSSR count). The van der Waals surface area contributed by atoms with Crippen LogP contribution in [0.15, 0.2) is 59.3 Å². The maximum atomic E-state index is 14.7. The van der Waals surface area contributed by atoms with Crippen LogP contribution in [0, 0.1) is 12.7 Å². The standard InChI is InChI=1S/C25H20ClF4N5O2/c1-13(32-23-22(18(26)10-11-31-23)34-20(36)12-25(28,29)30)15-6-8-16(9-7-15)17-4-3-5-19(27)21(17)24-33-14(2)35-37-24/h3-11,13H,12H2,1-2H3,(H,31,32)(H,34,36). The van der Waals surface area contributed by atoms with Crippen molar-refractivity contribution in [2.24, 2.45) is 0 Å². The van der Waals surface area contributed by atoms with E-state index >= 15 is 0 Å². The van der Waals surface area contributed by atoms with Gasteiger partial charge in [-0.05, 0) is 42.7 Å². The van der Waals surface area contributed by atoms with Gasteiger partial charge in [0.25, 0.3) is 5.89 Å². The van der Waals surface area contributed by atoms with Crippen LogP contribution < -0.4 is 10.6 Å². The highest BCUT2D eigenvalue weighted by Crippen LogP contribution is 2.35. The van der Waals surface area contributed by atoms with E-state index in [2.05, 4.69) is 25.8 Å². The Morgan fingerprint density at radius 2 is 1.86 bits per heavy atom. The Balaban J connectivity index is 1.56. The minimum absolute atomic E-state index is 0.0328. The molecular weight excluding hydrogens is 514 g/mol. The van der Waals surface area contributed by atoms with Gasteiger partial charge in [-0.15, -0.1) is 0 Å². The van der Waals surface area contributed by atoms with Gasteiger partial charge in [-0.3, -0.25) is 4.79 Å². The summed E-state index contributed by atoms with van der Waals surface area (Å²) in [5, 5.41) is 9.01. The van der Waals surface area contributed by atoms with Crippen molar-refractivity contribution in [2.45, 2.75) is 32.5 Å². The molecular formula is C25H20ClF4N5O2. The smallest absolute Gasteiger partial charge is 0.362 e. The Hall–Kier alpha value is -3.99. The zero-order valence-corrected chi connectivity index (χ0v) is 20.3. The first-order valence-corrected chi connectivity index (χ1v) is 11.4. The number of nitrogens with one attached hydrogen (secondary N) is 2. The van der Waals surface area contributed by atoms with E-state index in [1.807, 2.05) is 0 Å². The third kappa shape index (κ3) is 6.23. The number of hydrogen-bond donors (Lipinski definition) is 2. The largest absolute Gasteiger partial charge is 0.397 e. The van der Waals surface area contributed by atoms with Gasteiger partial charge >= 0.3 is 6.18 Å². The van der Waals surface area contributed by atoms with Gasteiger partial charge in [0.05, 0.1) is 16.6 Å². The highest BCUT2D eigenvalue weighted by molar-refractivity contribution is 6.34. The molecule has 12 heteroatoms. The summed E-state index contributed by atoms with van der Waals surface area (Å²) in [6, 6.07) is 12.8. The van der Waals surface area contributed by atoms with Gasteiger partial charge in [0.1, 0.15) is 17.9 Å². The molecule has 2 aromatic heterocycles. The predicted octanol–water partition coefficient (Wildman–Crippen LogP) is 6.96. The topological polar surface area (TPSA) is 92.9 Å². The van der Waals surface area contributed by atoms with Crippen LogP contribution in [0.1, 0.15) is 30.8 Å². The fourth-order valence-electron chi connectivity index (χ4n) is 3.65. The number of carbonyl (C=O) groups excluding carboxylic acids is 1. The second-order valence-electron chi connectivity index (χ2n) is 8.15. The first-order valence-electron chi connectivity index (χ1n) is 11.0. The number of hydrogen-bond acceptors (Lipinski definition) is 6. The molecule has 0 radical (unpaired) electrons. The Labute approximate surface area is 213 Å². The lowest BCUT2D eigenvalue weighted by atomic mass is 9.97. The highest BCUT2D eigenvalue weighted by Gasteiger charge is 2.32. The van der Waals surface area contributed by atoms with Crippen LogP contribution in [0.2, 0.25) is 5.02 Å². The Morgan fingerprint density at radius 3 is 2.51 bits per heavy atom. The van der Waals surface area contributed by atoms with Gasteiger partial charge < -0.3 is 15.2 Å². The summed E-state index contributed by atoms with van der Waals surface area (Å²) in [6.07, 6.45) is -4.95. The molecule has 0 aliphatic rings. The maximum absolute atomic E-state index is 14.7. The molecule has 2 N–H and O–H groups in total. The van der Waals surface area contributed by atoms with Crippen molar-refractivity contribution in [3.05, 3.63) is 77.0 Å². The van der Waals surface area contributed by atoms with Gasteiger partial charge in [0, 0.05) is 6.20 Å². The fraction of sp³-hybridized carbons (Fsp3) is 0.200. The number of benzene rings is 2. The lowest BCUT2D eigenvalue weighted by molar-refractivity contribution is -0.150.